The molecular formula is C14H19BF3KO. The molecule has 1 aromatic carbocycles. The number of hydrogen-bond acceptors (Lipinski definition) is 1. The number of rotatable bonds is 3. The van der Waals surface area contributed by atoms with E-state index in [9.17, 15) is 12.9 Å². The van der Waals surface area contributed by atoms with Crippen molar-refractivity contribution in [2.45, 2.75) is 39.2 Å². The Morgan fingerprint density at radius 1 is 1.05 bits per heavy atom. The molecule has 0 N–H and O–H groups in total. The van der Waals surface area contributed by atoms with Crippen LogP contribution in [0.5, 0.6) is 5.75 Å². The van der Waals surface area contributed by atoms with Crippen LogP contribution in [0.3, 0.4) is 0 Å². The summed E-state index contributed by atoms with van der Waals surface area (Å²) in [6.45, 7) is -0.618. The zero-order chi connectivity index (χ0) is 14.0. The molecule has 0 radical (unpaired) electrons. The average molecular weight is 310 g/mol. The minimum absolute atomic E-state index is 0. The molecule has 2 unspecified atom stereocenters. The summed E-state index contributed by atoms with van der Waals surface area (Å²) in [5.41, 5.74) is -0.589. The van der Waals surface area contributed by atoms with E-state index in [-0.39, 0.29) is 57.5 Å². The summed E-state index contributed by atoms with van der Waals surface area (Å²) < 4.78 is 43.8. The summed E-state index contributed by atoms with van der Waals surface area (Å²) in [5, 5.41) is 0. The summed E-state index contributed by atoms with van der Waals surface area (Å²) in [4.78, 5) is 0. The molecule has 0 heterocycles. The Morgan fingerprint density at radius 3 is 2.20 bits per heavy atom. The first kappa shape index (κ1) is 18.6. The molecule has 1 fully saturated rings. The van der Waals surface area contributed by atoms with Crippen molar-refractivity contribution in [1.29, 1.82) is 0 Å². The molecule has 1 aliphatic rings. The molecule has 20 heavy (non-hydrogen) atoms. The fourth-order valence-electron chi connectivity index (χ4n) is 2.95. The van der Waals surface area contributed by atoms with Gasteiger partial charge in [0.2, 0.25) is 0 Å². The van der Waals surface area contributed by atoms with Gasteiger partial charge >= 0.3 is 58.4 Å². The van der Waals surface area contributed by atoms with Gasteiger partial charge in [0.25, 0.3) is 0 Å². The molecule has 1 aromatic rings. The number of ether oxygens (including phenoxy) is 1. The largest absolute Gasteiger partial charge is 1.00 e. The van der Waals surface area contributed by atoms with Gasteiger partial charge in [-0.2, -0.15) is 0 Å². The molecule has 106 valence electrons. The van der Waals surface area contributed by atoms with Gasteiger partial charge in [-0.05, 0) is 43.2 Å². The molecule has 0 saturated heterocycles. The van der Waals surface area contributed by atoms with Crippen molar-refractivity contribution in [3.05, 3.63) is 24.3 Å². The summed E-state index contributed by atoms with van der Waals surface area (Å²) in [6.07, 6.45) is 3.05. The second-order valence-corrected chi connectivity index (χ2v) is 5.80. The monoisotopic (exact) mass is 310 g/mol. The summed E-state index contributed by atoms with van der Waals surface area (Å²) in [5.74, 6) is 1.48. The standard InChI is InChI=1S/C14H19BF3O.K/c1-10-6-11(2)8-14(7-10)19-13-5-3-4-12(9-13)15(16,17)18;/h3-5,9-11,14H,6-8H2,1-2H3;/q-1;+1. The Labute approximate surface area is 161 Å². The van der Waals surface area contributed by atoms with Crippen molar-refractivity contribution in [2.75, 3.05) is 0 Å². The van der Waals surface area contributed by atoms with Crippen LogP contribution in [-0.4, -0.2) is 13.1 Å². The molecule has 0 aromatic heterocycles. The van der Waals surface area contributed by atoms with Crippen molar-refractivity contribution in [1.82, 2.24) is 0 Å². The quantitative estimate of drug-likeness (QED) is 0.756. The SMILES string of the molecule is CC1CC(C)CC(Oc2cccc([B-](F)(F)F)c2)C1.[K+]. The van der Waals surface area contributed by atoms with Gasteiger partial charge in [0.1, 0.15) is 5.75 Å². The Hall–Kier alpha value is 0.511. The normalized spacial score (nSPS) is 26.8. The third kappa shape index (κ3) is 5.37. The first-order valence-corrected chi connectivity index (χ1v) is 6.81. The Morgan fingerprint density at radius 2 is 1.65 bits per heavy atom. The fourth-order valence-corrected chi connectivity index (χ4v) is 2.95. The molecular weight excluding hydrogens is 291 g/mol. The van der Waals surface area contributed by atoms with E-state index in [2.05, 4.69) is 13.8 Å². The smallest absolute Gasteiger partial charge is 0.491 e. The van der Waals surface area contributed by atoms with Crippen LogP contribution >= 0.6 is 0 Å². The van der Waals surface area contributed by atoms with Crippen LogP contribution in [0.1, 0.15) is 33.1 Å². The van der Waals surface area contributed by atoms with E-state index in [1.165, 1.54) is 12.5 Å². The third-order valence-electron chi connectivity index (χ3n) is 3.67. The van der Waals surface area contributed by atoms with Gasteiger partial charge in [0.05, 0.1) is 6.10 Å². The number of hydrogen-bond donors (Lipinski definition) is 0. The molecule has 1 saturated carbocycles. The van der Waals surface area contributed by atoms with Crippen molar-refractivity contribution in [3.63, 3.8) is 0 Å². The van der Waals surface area contributed by atoms with Crippen LogP contribution in [0.25, 0.3) is 0 Å². The predicted molar refractivity (Wildman–Crippen MR) is 71.7 cm³/mol. The molecule has 6 heteroatoms. The van der Waals surface area contributed by atoms with Gasteiger partial charge in [0.15, 0.2) is 0 Å². The van der Waals surface area contributed by atoms with Crippen LogP contribution in [-0.2, 0) is 0 Å². The summed E-state index contributed by atoms with van der Waals surface area (Å²) in [7, 11) is 0. The predicted octanol–water partition coefficient (Wildman–Crippen LogP) is 0.948. The van der Waals surface area contributed by atoms with E-state index < -0.39 is 12.4 Å². The molecule has 0 amide bonds. The third-order valence-corrected chi connectivity index (χ3v) is 3.67. The summed E-state index contributed by atoms with van der Waals surface area (Å²) >= 11 is 0. The summed E-state index contributed by atoms with van der Waals surface area (Å²) in [6, 6.07) is 5.23. The van der Waals surface area contributed by atoms with Gasteiger partial charge in [-0.1, -0.05) is 26.0 Å². The van der Waals surface area contributed by atoms with Crippen molar-refractivity contribution >= 4 is 12.4 Å². The van der Waals surface area contributed by atoms with Crippen LogP contribution in [0, 0.1) is 11.8 Å². The second-order valence-electron chi connectivity index (χ2n) is 5.80. The number of halogens is 3. The molecule has 1 nitrogen and oxygen atoms in total. The topological polar surface area (TPSA) is 9.23 Å². The maximum absolute atomic E-state index is 12.7. The van der Waals surface area contributed by atoms with Gasteiger partial charge in [0, 0.05) is 0 Å². The van der Waals surface area contributed by atoms with E-state index in [4.69, 9.17) is 4.74 Å². The van der Waals surface area contributed by atoms with Gasteiger partial charge in [-0.25, -0.2) is 0 Å². The van der Waals surface area contributed by atoms with E-state index in [1.807, 2.05) is 0 Å². The van der Waals surface area contributed by atoms with Crippen LogP contribution in [0.2, 0.25) is 0 Å². The van der Waals surface area contributed by atoms with Crippen molar-refractivity contribution in [2.24, 2.45) is 11.8 Å². The van der Waals surface area contributed by atoms with E-state index in [0.717, 1.165) is 25.0 Å². The minimum Gasteiger partial charge on any atom is -0.491 e. The Balaban J connectivity index is 0.00000200. The zero-order valence-electron chi connectivity index (χ0n) is 12.3. The fraction of sp³-hybridized carbons (Fsp3) is 0.571. The Bertz CT molecular complexity index is 429. The first-order chi connectivity index (χ1) is 8.84. The number of benzene rings is 1. The van der Waals surface area contributed by atoms with Crippen molar-refractivity contribution < 1.29 is 69.1 Å². The van der Waals surface area contributed by atoms with Crippen LogP contribution in [0.15, 0.2) is 24.3 Å². The van der Waals surface area contributed by atoms with Crippen molar-refractivity contribution in [3.8, 4) is 5.75 Å². The minimum atomic E-state index is -4.95. The molecule has 0 bridgehead atoms. The average Bonchev–Trinajstić information content (AvgIpc) is 2.26. The van der Waals surface area contributed by atoms with Gasteiger partial charge in [-0.15, -0.1) is 5.46 Å². The molecule has 0 aliphatic heterocycles. The van der Waals surface area contributed by atoms with Gasteiger partial charge < -0.3 is 17.7 Å². The zero-order valence-corrected chi connectivity index (χ0v) is 15.4. The van der Waals surface area contributed by atoms with Crippen LogP contribution < -0.4 is 61.6 Å². The molecule has 2 rings (SSSR count). The maximum atomic E-state index is 12.7. The Kier molecular flexibility index (Phi) is 7.12. The second kappa shape index (κ2) is 7.68. The molecule has 1 aliphatic carbocycles. The molecule has 2 atom stereocenters. The molecule has 0 spiro atoms. The van der Waals surface area contributed by atoms with Gasteiger partial charge in [-0.3, -0.25) is 0 Å². The van der Waals surface area contributed by atoms with Crippen LogP contribution in [0.4, 0.5) is 12.9 Å². The van der Waals surface area contributed by atoms with E-state index in [1.54, 1.807) is 6.07 Å². The van der Waals surface area contributed by atoms with E-state index in [0.29, 0.717) is 17.6 Å². The van der Waals surface area contributed by atoms with E-state index >= 15 is 0 Å². The maximum Gasteiger partial charge on any atom is 1.00 e. The first-order valence-electron chi connectivity index (χ1n) is 6.81.